The third-order valence-electron chi connectivity index (χ3n) is 5.01. The van der Waals surface area contributed by atoms with Crippen LogP contribution in [0.2, 0.25) is 0 Å². The molecule has 0 radical (unpaired) electrons. The van der Waals surface area contributed by atoms with Crippen LogP contribution in [-0.2, 0) is 25.7 Å². The smallest absolute Gasteiger partial charge is 0.0481 e. The lowest BCUT2D eigenvalue weighted by Crippen LogP contribution is -2.12. The van der Waals surface area contributed by atoms with Gasteiger partial charge in [-0.15, -0.1) is 0 Å². The summed E-state index contributed by atoms with van der Waals surface area (Å²) in [6, 6.07) is 15.7. The fraction of sp³-hybridized carbons (Fsp3) is 0.478. The molecular formula is C23H32O2. The van der Waals surface area contributed by atoms with E-state index in [1.165, 1.54) is 34.2 Å². The third kappa shape index (κ3) is 6.30. The summed E-state index contributed by atoms with van der Waals surface area (Å²) < 4.78 is 0. The number of hydrogen-bond acceptors (Lipinski definition) is 2. The number of aryl methyl sites for hydroxylation is 5. The quantitative estimate of drug-likeness (QED) is 0.678. The molecule has 0 saturated carbocycles. The highest BCUT2D eigenvalue weighted by molar-refractivity contribution is 5.32. The Balaban J connectivity index is 1.89. The van der Waals surface area contributed by atoms with E-state index in [1.54, 1.807) is 0 Å². The van der Waals surface area contributed by atoms with Crippen LogP contribution in [0.15, 0.2) is 42.5 Å². The zero-order valence-corrected chi connectivity index (χ0v) is 15.7. The van der Waals surface area contributed by atoms with Crippen molar-refractivity contribution in [3.8, 4) is 0 Å². The number of aliphatic hydroxyl groups excluding tert-OH is 2. The summed E-state index contributed by atoms with van der Waals surface area (Å²) >= 11 is 0. The van der Waals surface area contributed by atoms with Crippen molar-refractivity contribution in [1.29, 1.82) is 0 Å². The maximum absolute atomic E-state index is 9.17. The molecule has 2 aromatic carbocycles. The van der Waals surface area contributed by atoms with Gasteiger partial charge in [0.05, 0.1) is 0 Å². The maximum atomic E-state index is 9.17. The first-order chi connectivity index (χ1) is 12.2. The average molecular weight is 341 g/mol. The summed E-state index contributed by atoms with van der Waals surface area (Å²) in [6.07, 6.45) is 6.23. The van der Waals surface area contributed by atoms with Gasteiger partial charge in [0.1, 0.15) is 0 Å². The molecule has 0 spiro atoms. The number of benzene rings is 2. The summed E-state index contributed by atoms with van der Waals surface area (Å²) in [4.78, 5) is 0. The topological polar surface area (TPSA) is 40.5 Å². The van der Waals surface area contributed by atoms with Gasteiger partial charge >= 0.3 is 0 Å². The van der Waals surface area contributed by atoms with Crippen LogP contribution in [0.1, 0.15) is 47.6 Å². The van der Waals surface area contributed by atoms with Gasteiger partial charge in [-0.05, 0) is 66.8 Å². The van der Waals surface area contributed by atoms with Gasteiger partial charge in [-0.3, -0.25) is 0 Å². The predicted octanol–water partition coefficient (Wildman–Crippen LogP) is 4.27. The molecule has 0 aromatic heterocycles. The minimum Gasteiger partial charge on any atom is -0.396 e. The van der Waals surface area contributed by atoms with Crippen molar-refractivity contribution >= 4 is 0 Å². The van der Waals surface area contributed by atoms with E-state index in [1.807, 2.05) is 0 Å². The van der Waals surface area contributed by atoms with Gasteiger partial charge in [-0.2, -0.15) is 0 Å². The van der Waals surface area contributed by atoms with Crippen LogP contribution in [0.25, 0.3) is 0 Å². The average Bonchev–Trinajstić information content (AvgIpc) is 2.63. The molecule has 0 aliphatic carbocycles. The second-order valence-electron chi connectivity index (χ2n) is 7.10. The Labute approximate surface area is 152 Å². The van der Waals surface area contributed by atoms with Crippen molar-refractivity contribution in [2.75, 3.05) is 13.2 Å². The highest BCUT2D eigenvalue weighted by Crippen LogP contribution is 2.17. The molecule has 0 aliphatic rings. The Kier molecular flexibility index (Phi) is 8.17. The van der Waals surface area contributed by atoms with E-state index in [-0.39, 0.29) is 19.1 Å². The van der Waals surface area contributed by atoms with Gasteiger partial charge in [0.2, 0.25) is 0 Å². The van der Waals surface area contributed by atoms with Gasteiger partial charge in [0, 0.05) is 19.1 Å². The molecule has 25 heavy (non-hydrogen) atoms. The minimum atomic E-state index is -0.00402. The molecule has 136 valence electrons. The zero-order chi connectivity index (χ0) is 18.1. The van der Waals surface area contributed by atoms with Gasteiger partial charge in [0.15, 0.2) is 0 Å². The molecule has 0 atom stereocenters. The molecule has 2 heteroatoms. The maximum Gasteiger partial charge on any atom is 0.0481 e. The Bertz CT molecular complexity index is 627. The standard InChI is InChI=1S/C23H32O2/c1-3-4-19-5-7-20(8-6-19)11-13-23-14-12-21(15-18(23)2)9-10-22(16-24)17-25/h5-8,12,14-15,22,24-25H,3-4,9-11,13,16-17H2,1-2H3. The van der Waals surface area contributed by atoms with Crippen LogP contribution in [0.5, 0.6) is 0 Å². The van der Waals surface area contributed by atoms with E-state index in [0.717, 1.165) is 32.1 Å². The lowest BCUT2D eigenvalue weighted by atomic mass is 9.95. The van der Waals surface area contributed by atoms with Crippen LogP contribution < -0.4 is 0 Å². The second kappa shape index (κ2) is 10.4. The van der Waals surface area contributed by atoms with E-state index in [4.69, 9.17) is 10.2 Å². The molecular weight excluding hydrogens is 308 g/mol. The van der Waals surface area contributed by atoms with Crippen LogP contribution in [-0.4, -0.2) is 23.4 Å². The molecule has 0 heterocycles. The highest BCUT2D eigenvalue weighted by Gasteiger charge is 2.07. The molecule has 2 aromatic rings. The lowest BCUT2D eigenvalue weighted by molar-refractivity contribution is 0.144. The van der Waals surface area contributed by atoms with Crippen molar-refractivity contribution in [3.05, 3.63) is 70.3 Å². The fourth-order valence-corrected chi connectivity index (χ4v) is 3.25. The molecule has 0 saturated heterocycles. The van der Waals surface area contributed by atoms with Gasteiger partial charge < -0.3 is 10.2 Å². The molecule has 2 rings (SSSR count). The van der Waals surface area contributed by atoms with Crippen molar-refractivity contribution in [2.45, 2.75) is 52.4 Å². The lowest BCUT2D eigenvalue weighted by Gasteiger charge is -2.12. The molecule has 0 bridgehead atoms. The number of hydrogen-bond donors (Lipinski definition) is 2. The summed E-state index contributed by atoms with van der Waals surface area (Å²) in [6.45, 7) is 4.52. The van der Waals surface area contributed by atoms with E-state index in [9.17, 15) is 0 Å². The van der Waals surface area contributed by atoms with Crippen molar-refractivity contribution in [2.24, 2.45) is 5.92 Å². The van der Waals surface area contributed by atoms with E-state index < -0.39 is 0 Å². The first kappa shape index (κ1) is 19.7. The molecule has 0 amide bonds. The summed E-state index contributed by atoms with van der Waals surface area (Å²) in [5, 5.41) is 18.3. The van der Waals surface area contributed by atoms with Crippen molar-refractivity contribution in [1.82, 2.24) is 0 Å². The normalized spacial score (nSPS) is 11.2. The first-order valence-corrected chi connectivity index (χ1v) is 9.54. The van der Waals surface area contributed by atoms with Gasteiger partial charge in [-0.25, -0.2) is 0 Å². The molecule has 0 unspecified atom stereocenters. The largest absolute Gasteiger partial charge is 0.396 e. The summed E-state index contributed by atoms with van der Waals surface area (Å²) in [7, 11) is 0. The monoisotopic (exact) mass is 340 g/mol. The molecule has 0 fully saturated rings. The fourth-order valence-electron chi connectivity index (χ4n) is 3.25. The third-order valence-corrected chi connectivity index (χ3v) is 5.01. The van der Waals surface area contributed by atoms with E-state index in [2.05, 4.69) is 56.3 Å². The Morgan fingerprint density at radius 3 is 1.92 bits per heavy atom. The Morgan fingerprint density at radius 1 is 0.760 bits per heavy atom. The summed E-state index contributed by atoms with van der Waals surface area (Å²) in [5.41, 5.74) is 6.86. The molecule has 2 N–H and O–H groups in total. The van der Waals surface area contributed by atoms with Crippen LogP contribution >= 0.6 is 0 Å². The van der Waals surface area contributed by atoms with Crippen LogP contribution in [0, 0.1) is 12.8 Å². The second-order valence-corrected chi connectivity index (χ2v) is 7.10. The van der Waals surface area contributed by atoms with Crippen molar-refractivity contribution in [3.63, 3.8) is 0 Å². The SMILES string of the molecule is CCCc1ccc(CCc2ccc(CCC(CO)CO)cc2C)cc1. The zero-order valence-electron chi connectivity index (χ0n) is 15.7. The predicted molar refractivity (Wildman–Crippen MR) is 105 cm³/mol. The minimum absolute atomic E-state index is 0.00402. The first-order valence-electron chi connectivity index (χ1n) is 9.54. The van der Waals surface area contributed by atoms with Gasteiger partial charge in [0.25, 0.3) is 0 Å². The van der Waals surface area contributed by atoms with Crippen LogP contribution in [0.4, 0.5) is 0 Å². The van der Waals surface area contributed by atoms with Crippen LogP contribution in [0.3, 0.4) is 0 Å². The van der Waals surface area contributed by atoms with E-state index in [0.29, 0.717) is 0 Å². The Hall–Kier alpha value is -1.64. The molecule has 2 nitrogen and oxygen atoms in total. The number of rotatable bonds is 10. The Morgan fingerprint density at radius 2 is 1.36 bits per heavy atom. The highest BCUT2D eigenvalue weighted by atomic mass is 16.3. The van der Waals surface area contributed by atoms with Gasteiger partial charge in [-0.1, -0.05) is 55.8 Å². The van der Waals surface area contributed by atoms with Crippen molar-refractivity contribution < 1.29 is 10.2 Å². The molecule has 0 aliphatic heterocycles. The number of aliphatic hydroxyl groups is 2. The summed E-state index contributed by atoms with van der Waals surface area (Å²) in [5.74, 6) is -0.00402. The van der Waals surface area contributed by atoms with E-state index >= 15 is 0 Å².